The molecule has 1 saturated heterocycles. The van der Waals surface area contributed by atoms with Crippen LogP contribution >= 0.6 is 0 Å². The molecule has 0 bridgehead atoms. The third kappa shape index (κ3) is 2.55. The number of aromatic nitrogens is 1. The topological polar surface area (TPSA) is 83.8 Å². The van der Waals surface area contributed by atoms with Gasteiger partial charge in [0, 0.05) is 42.8 Å². The average Bonchev–Trinajstić information content (AvgIpc) is 3.48. The number of rotatable bonds is 2. The Kier molecular flexibility index (Phi) is 3.73. The highest BCUT2D eigenvalue weighted by atomic mass is 19.1. The maximum atomic E-state index is 15.2. The van der Waals surface area contributed by atoms with E-state index in [1.54, 1.807) is 0 Å². The molecule has 1 aromatic heterocycles. The molecule has 5 rings (SSSR count). The van der Waals surface area contributed by atoms with E-state index in [2.05, 4.69) is 5.32 Å². The minimum absolute atomic E-state index is 0.0336. The standard InChI is InChI=1S/C19H20FN3O4/c20-15-5-12-16(23(10-1-2-10)7-13(18(12)24)19(25)26)14-9-27-8-11-6-21-3-4-22(11)17(14)15/h5,7,10-11,21H,1-4,6,8-9H2,(H,25,26). The molecule has 1 aliphatic carbocycles. The number of aromatic carboxylic acids is 1. The van der Waals surface area contributed by atoms with Gasteiger partial charge in [0.1, 0.15) is 11.4 Å². The normalized spacial score (nSPS) is 22.3. The molecular formula is C19H20FN3O4. The predicted molar refractivity (Wildman–Crippen MR) is 97.1 cm³/mol. The van der Waals surface area contributed by atoms with Crippen LogP contribution in [0.4, 0.5) is 10.1 Å². The molecule has 3 aliphatic rings. The second-order valence-corrected chi connectivity index (χ2v) is 7.46. The van der Waals surface area contributed by atoms with E-state index in [9.17, 15) is 14.7 Å². The van der Waals surface area contributed by atoms with Gasteiger partial charge >= 0.3 is 5.97 Å². The fraction of sp³-hybridized carbons (Fsp3) is 0.474. The summed E-state index contributed by atoms with van der Waals surface area (Å²) in [5.74, 6) is -1.78. The Labute approximate surface area is 154 Å². The summed E-state index contributed by atoms with van der Waals surface area (Å²) in [6, 6.07) is 1.39. The molecule has 2 fully saturated rings. The number of halogens is 1. The van der Waals surface area contributed by atoms with Crippen molar-refractivity contribution in [3.05, 3.63) is 39.4 Å². The van der Waals surface area contributed by atoms with E-state index < -0.39 is 17.2 Å². The number of hydrogen-bond acceptors (Lipinski definition) is 5. The summed E-state index contributed by atoms with van der Waals surface area (Å²) in [5, 5.41) is 12.8. The first kappa shape index (κ1) is 16.7. The molecule has 1 saturated carbocycles. The van der Waals surface area contributed by atoms with Gasteiger partial charge in [-0.2, -0.15) is 0 Å². The molecule has 3 heterocycles. The second-order valence-electron chi connectivity index (χ2n) is 7.46. The van der Waals surface area contributed by atoms with Gasteiger partial charge in [0.2, 0.25) is 5.43 Å². The van der Waals surface area contributed by atoms with Crippen LogP contribution < -0.4 is 15.6 Å². The molecule has 2 aliphatic heterocycles. The van der Waals surface area contributed by atoms with Gasteiger partial charge in [-0.1, -0.05) is 0 Å². The van der Waals surface area contributed by atoms with Crippen LogP contribution in [0.5, 0.6) is 0 Å². The van der Waals surface area contributed by atoms with Crippen LogP contribution in [-0.2, 0) is 11.3 Å². The molecule has 142 valence electrons. The van der Waals surface area contributed by atoms with Crippen LogP contribution in [0.25, 0.3) is 10.9 Å². The molecule has 1 unspecified atom stereocenters. The van der Waals surface area contributed by atoms with Crippen molar-refractivity contribution in [2.24, 2.45) is 0 Å². The highest BCUT2D eigenvalue weighted by molar-refractivity contribution is 5.95. The fourth-order valence-electron chi connectivity index (χ4n) is 4.30. The van der Waals surface area contributed by atoms with Gasteiger partial charge in [0.15, 0.2) is 0 Å². The number of carboxylic acids is 1. The van der Waals surface area contributed by atoms with Crippen LogP contribution in [0.2, 0.25) is 0 Å². The van der Waals surface area contributed by atoms with Crippen molar-refractivity contribution in [3.8, 4) is 0 Å². The van der Waals surface area contributed by atoms with Crippen LogP contribution in [0.3, 0.4) is 0 Å². The summed E-state index contributed by atoms with van der Waals surface area (Å²) in [7, 11) is 0. The van der Waals surface area contributed by atoms with Gasteiger partial charge in [-0.15, -0.1) is 0 Å². The Morgan fingerprint density at radius 2 is 2.15 bits per heavy atom. The van der Waals surface area contributed by atoms with Crippen molar-refractivity contribution in [1.82, 2.24) is 9.88 Å². The number of fused-ring (bicyclic) bond motifs is 5. The largest absolute Gasteiger partial charge is 0.477 e. The van der Waals surface area contributed by atoms with Crippen LogP contribution in [0.15, 0.2) is 17.1 Å². The lowest BCUT2D eigenvalue weighted by molar-refractivity contribution is 0.0695. The van der Waals surface area contributed by atoms with Gasteiger partial charge < -0.3 is 24.6 Å². The van der Waals surface area contributed by atoms with E-state index in [0.29, 0.717) is 36.5 Å². The zero-order valence-corrected chi connectivity index (χ0v) is 14.7. The summed E-state index contributed by atoms with van der Waals surface area (Å²) in [5.41, 5.74) is 0.794. The molecule has 2 aromatic rings. The maximum Gasteiger partial charge on any atom is 0.341 e. The van der Waals surface area contributed by atoms with Crippen molar-refractivity contribution < 1.29 is 19.0 Å². The van der Waals surface area contributed by atoms with Crippen LogP contribution in [0, 0.1) is 5.82 Å². The zero-order valence-electron chi connectivity index (χ0n) is 14.7. The Balaban J connectivity index is 1.85. The van der Waals surface area contributed by atoms with Crippen LogP contribution in [0.1, 0.15) is 34.8 Å². The Morgan fingerprint density at radius 3 is 2.89 bits per heavy atom. The molecule has 8 heteroatoms. The molecule has 0 spiro atoms. The first-order valence-electron chi connectivity index (χ1n) is 9.25. The molecule has 1 aromatic carbocycles. The number of nitrogens with one attached hydrogen (secondary N) is 1. The summed E-state index contributed by atoms with van der Waals surface area (Å²) >= 11 is 0. The van der Waals surface area contributed by atoms with Crippen LogP contribution in [-0.4, -0.2) is 47.9 Å². The summed E-state index contributed by atoms with van der Waals surface area (Å²) in [6.07, 6.45) is 3.25. The first-order valence-corrected chi connectivity index (χ1v) is 9.25. The smallest absolute Gasteiger partial charge is 0.341 e. The highest BCUT2D eigenvalue weighted by Crippen LogP contribution is 2.41. The molecule has 0 radical (unpaired) electrons. The Hall–Kier alpha value is -2.45. The van der Waals surface area contributed by atoms with Crippen molar-refractivity contribution in [2.75, 3.05) is 31.1 Å². The number of carbonyl (C=O) groups is 1. The molecule has 1 atom stereocenters. The highest BCUT2D eigenvalue weighted by Gasteiger charge is 2.34. The van der Waals surface area contributed by atoms with E-state index in [0.717, 1.165) is 19.4 Å². The number of pyridine rings is 1. The van der Waals surface area contributed by atoms with Gasteiger partial charge in [0.25, 0.3) is 0 Å². The van der Waals surface area contributed by atoms with Gasteiger partial charge in [-0.3, -0.25) is 4.79 Å². The van der Waals surface area contributed by atoms with Gasteiger partial charge in [-0.25, -0.2) is 9.18 Å². The number of benzene rings is 1. The number of hydrogen-bond donors (Lipinski definition) is 2. The monoisotopic (exact) mass is 373 g/mol. The van der Waals surface area contributed by atoms with Crippen molar-refractivity contribution in [2.45, 2.75) is 31.5 Å². The van der Waals surface area contributed by atoms with Crippen molar-refractivity contribution in [3.63, 3.8) is 0 Å². The third-order valence-electron chi connectivity index (χ3n) is 5.70. The summed E-state index contributed by atoms with van der Waals surface area (Å²) < 4.78 is 22.9. The maximum absolute atomic E-state index is 15.2. The second kappa shape index (κ2) is 6.03. The SMILES string of the molecule is O=C(O)c1cn(C2CC2)c2c3c(c(F)cc2c1=O)N1CCNCC1COC3. The predicted octanol–water partition coefficient (Wildman–Crippen LogP) is 1.48. The summed E-state index contributed by atoms with van der Waals surface area (Å²) in [6.45, 7) is 2.80. The Morgan fingerprint density at radius 1 is 1.33 bits per heavy atom. The van der Waals surface area contributed by atoms with Crippen molar-refractivity contribution in [1.29, 1.82) is 0 Å². The molecule has 2 N–H and O–H groups in total. The molecular weight excluding hydrogens is 353 g/mol. The minimum atomic E-state index is -1.29. The molecule has 7 nitrogen and oxygen atoms in total. The number of ether oxygens (including phenoxy) is 1. The number of piperazine rings is 1. The van der Waals surface area contributed by atoms with E-state index in [-0.39, 0.29) is 29.6 Å². The number of anilines is 1. The van der Waals surface area contributed by atoms with E-state index in [1.165, 1.54) is 12.3 Å². The summed E-state index contributed by atoms with van der Waals surface area (Å²) in [4.78, 5) is 26.3. The number of nitrogens with zero attached hydrogens (tertiary/aromatic N) is 2. The fourth-order valence-corrected chi connectivity index (χ4v) is 4.30. The number of carboxylic acid groups (broad SMARTS) is 1. The van der Waals surface area contributed by atoms with Crippen molar-refractivity contribution >= 4 is 22.6 Å². The lowest BCUT2D eigenvalue weighted by atomic mass is 10.0. The van der Waals surface area contributed by atoms with Gasteiger partial charge in [0.05, 0.1) is 30.5 Å². The van der Waals surface area contributed by atoms with E-state index in [4.69, 9.17) is 4.74 Å². The molecule has 0 amide bonds. The molecule has 27 heavy (non-hydrogen) atoms. The lowest BCUT2D eigenvalue weighted by Crippen LogP contribution is -2.53. The minimum Gasteiger partial charge on any atom is -0.477 e. The average molecular weight is 373 g/mol. The third-order valence-corrected chi connectivity index (χ3v) is 5.70. The van der Waals surface area contributed by atoms with E-state index >= 15 is 4.39 Å². The van der Waals surface area contributed by atoms with E-state index in [1.807, 2.05) is 9.47 Å². The quantitative estimate of drug-likeness (QED) is 0.830. The lowest BCUT2D eigenvalue weighted by Gasteiger charge is -2.37. The van der Waals surface area contributed by atoms with Gasteiger partial charge in [-0.05, 0) is 18.9 Å². The Bertz CT molecular complexity index is 1010. The zero-order chi connectivity index (χ0) is 18.7. The first-order chi connectivity index (χ1) is 13.1.